The highest BCUT2D eigenvalue weighted by Gasteiger charge is 2.42. The van der Waals surface area contributed by atoms with Crippen molar-refractivity contribution in [2.75, 3.05) is 4.90 Å². The van der Waals surface area contributed by atoms with E-state index in [2.05, 4.69) is 224 Å². The first-order valence-corrected chi connectivity index (χ1v) is 20.3. The molecule has 0 spiro atoms. The second-order valence-electron chi connectivity index (χ2n) is 16.1. The Balaban J connectivity index is 0.993. The summed E-state index contributed by atoms with van der Waals surface area (Å²) in [5.41, 5.74) is 17.0. The molecule has 0 amide bonds. The summed E-state index contributed by atoms with van der Waals surface area (Å²) in [6, 6.07) is 63.2. The molecule has 11 rings (SSSR count). The fraction of sp³-hybridized carbons (Fsp3) is 0.0536. The van der Waals surface area contributed by atoms with Crippen molar-refractivity contribution >= 4 is 38.5 Å². The van der Waals surface area contributed by atoms with Crippen molar-refractivity contribution < 1.29 is 0 Å². The van der Waals surface area contributed by atoms with Gasteiger partial charge in [-0.1, -0.05) is 178 Å². The molecule has 3 heteroatoms. The van der Waals surface area contributed by atoms with E-state index in [-0.39, 0.29) is 5.41 Å². The molecule has 3 nitrogen and oxygen atoms in total. The second kappa shape index (κ2) is 13.6. The molecule has 2 heterocycles. The largest absolute Gasteiger partial charge is 0.316 e. The maximum absolute atomic E-state index is 5.10. The molecule has 8 aromatic carbocycles. The Labute approximate surface area is 345 Å². The molecule has 9 aromatic rings. The van der Waals surface area contributed by atoms with Gasteiger partial charge in [0.05, 0.1) is 22.8 Å². The van der Waals surface area contributed by atoms with Crippen molar-refractivity contribution in [3.63, 3.8) is 0 Å². The van der Waals surface area contributed by atoms with Gasteiger partial charge in [-0.25, -0.2) is 4.68 Å². The fourth-order valence-corrected chi connectivity index (χ4v) is 9.58. The first kappa shape index (κ1) is 34.7. The van der Waals surface area contributed by atoms with E-state index >= 15 is 0 Å². The van der Waals surface area contributed by atoms with Crippen LogP contribution in [0.25, 0.3) is 77.6 Å². The molecule has 1 aliphatic carbocycles. The van der Waals surface area contributed by atoms with Gasteiger partial charge in [-0.05, 0) is 96.9 Å². The van der Waals surface area contributed by atoms with Crippen molar-refractivity contribution in [1.82, 2.24) is 9.78 Å². The van der Waals surface area contributed by atoms with E-state index in [0.717, 1.165) is 56.2 Å². The van der Waals surface area contributed by atoms with Crippen LogP contribution in [0.3, 0.4) is 0 Å². The van der Waals surface area contributed by atoms with E-state index in [4.69, 9.17) is 5.10 Å². The monoisotopic (exact) mass is 755 g/mol. The lowest BCUT2D eigenvalue weighted by Crippen LogP contribution is -2.22. The molecule has 0 N–H and O–H groups in total. The minimum atomic E-state index is -0.284. The number of rotatable bonds is 5. The first-order valence-electron chi connectivity index (χ1n) is 20.3. The topological polar surface area (TPSA) is 21.1 Å². The second-order valence-corrected chi connectivity index (χ2v) is 16.1. The Hall–Kier alpha value is -7.49. The molecule has 59 heavy (non-hydrogen) atoms. The van der Waals surface area contributed by atoms with Crippen LogP contribution in [0.15, 0.2) is 207 Å². The lowest BCUT2D eigenvalue weighted by Gasteiger charge is -2.33. The smallest absolute Gasteiger partial charge is 0.0934 e. The third kappa shape index (κ3) is 5.54. The minimum Gasteiger partial charge on any atom is -0.316 e. The van der Waals surface area contributed by atoms with E-state index in [9.17, 15) is 0 Å². The van der Waals surface area contributed by atoms with Gasteiger partial charge in [-0.15, -0.1) is 0 Å². The molecule has 2 aliphatic rings. The third-order valence-corrected chi connectivity index (χ3v) is 12.3. The van der Waals surface area contributed by atoms with E-state index < -0.39 is 0 Å². The number of aromatic nitrogens is 2. The summed E-state index contributed by atoms with van der Waals surface area (Å²) in [7, 11) is 0. The number of hydrogen-bond donors (Lipinski definition) is 0. The van der Waals surface area contributed by atoms with Crippen LogP contribution in [0.1, 0.15) is 30.5 Å². The zero-order valence-electron chi connectivity index (χ0n) is 33.1. The van der Waals surface area contributed by atoms with Gasteiger partial charge in [0.2, 0.25) is 0 Å². The molecular weight excluding hydrogens is 715 g/mol. The summed E-state index contributed by atoms with van der Waals surface area (Å²) < 4.78 is 2.06. The molecule has 0 unspecified atom stereocenters. The lowest BCUT2D eigenvalue weighted by atomic mass is 9.77. The highest BCUT2D eigenvalue weighted by molar-refractivity contribution is 6.19. The maximum atomic E-state index is 5.10. The minimum absolute atomic E-state index is 0.284. The summed E-state index contributed by atoms with van der Waals surface area (Å²) >= 11 is 0. The SMILES string of the molecule is C=C1/C=C\C=C/N(c2ccc(-c3ccc(-n4nc(-c5ccccc5)cc4-c4ccccc4)cc3)cc2)c2c1ccc1c2C(C)(C)c2c-1c1ccccc1c1ccccc21. The van der Waals surface area contributed by atoms with Gasteiger partial charge in [-0.2, -0.15) is 5.10 Å². The van der Waals surface area contributed by atoms with Crippen LogP contribution in [-0.4, -0.2) is 9.78 Å². The van der Waals surface area contributed by atoms with E-state index in [0.29, 0.717) is 0 Å². The predicted molar refractivity (Wildman–Crippen MR) is 248 cm³/mol. The molecule has 0 saturated heterocycles. The van der Waals surface area contributed by atoms with Gasteiger partial charge in [0.15, 0.2) is 0 Å². The number of benzene rings is 8. The number of fused-ring (bicyclic) bond motifs is 10. The Bertz CT molecular complexity index is 3160. The van der Waals surface area contributed by atoms with Crippen LogP contribution in [0.5, 0.6) is 0 Å². The number of allylic oxidation sites excluding steroid dienone is 4. The van der Waals surface area contributed by atoms with Crippen molar-refractivity contribution in [3.8, 4) is 50.5 Å². The van der Waals surface area contributed by atoms with Crippen LogP contribution in [0.4, 0.5) is 11.4 Å². The average Bonchev–Trinajstić information content (AvgIpc) is 3.84. The standard InChI is InChI=1S/C56H41N3/c1-37-16-14-15-35-58(55-44(37)33-34-49-52-47-23-12-10-21-45(47)46-22-11-13-24-48(46)53(52)56(2,3)54(49)55)42-29-25-38(26-30-42)39-27-31-43(32-28-39)59-51(41-19-8-5-9-20-41)36-50(57-59)40-17-6-4-7-18-40/h4-36H,1H2,2-3H3/b16-14-,35-15-. The summed E-state index contributed by atoms with van der Waals surface area (Å²) in [6.45, 7) is 9.38. The van der Waals surface area contributed by atoms with Gasteiger partial charge in [0, 0.05) is 34.0 Å². The molecule has 0 atom stereocenters. The number of hydrogen-bond acceptors (Lipinski definition) is 2. The summed E-state index contributed by atoms with van der Waals surface area (Å²) in [6.07, 6.45) is 8.55. The molecule has 0 fully saturated rings. The van der Waals surface area contributed by atoms with Crippen molar-refractivity contribution in [2.24, 2.45) is 0 Å². The summed E-state index contributed by atoms with van der Waals surface area (Å²) in [5, 5.41) is 10.3. The van der Waals surface area contributed by atoms with Gasteiger partial charge in [-0.3, -0.25) is 0 Å². The molecule has 1 aliphatic heterocycles. The lowest BCUT2D eigenvalue weighted by molar-refractivity contribution is 0.666. The van der Waals surface area contributed by atoms with Gasteiger partial charge in [0.1, 0.15) is 0 Å². The molecule has 0 saturated carbocycles. The van der Waals surface area contributed by atoms with Crippen molar-refractivity contribution in [3.05, 3.63) is 224 Å². The van der Waals surface area contributed by atoms with E-state index in [1.807, 2.05) is 6.07 Å². The van der Waals surface area contributed by atoms with Crippen LogP contribution in [0.2, 0.25) is 0 Å². The number of nitrogens with zero attached hydrogens (tertiary/aromatic N) is 3. The Morgan fingerprint density at radius 3 is 1.73 bits per heavy atom. The Morgan fingerprint density at radius 1 is 0.492 bits per heavy atom. The predicted octanol–water partition coefficient (Wildman–Crippen LogP) is 14.7. The van der Waals surface area contributed by atoms with Gasteiger partial charge >= 0.3 is 0 Å². The van der Waals surface area contributed by atoms with Gasteiger partial charge in [0.25, 0.3) is 0 Å². The molecular formula is C56H41N3. The maximum Gasteiger partial charge on any atom is 0.0934 e. The van der Waals surface area contributed by atoms with E-state index in [1.165, 1.54) is 49.5 Å². The average molecular weight is 756 g/mol. The summed E-state index contributed by atoms with van der Waals surface area (Å²) in [4.78, 5) is 2.38. The quantitative estimate of drug-likeness (QED) is 0.163. The van der Waals surface area contributed by atoms with Crippen LogP contribution in [-0.2, 0) is 5.41 Å². The zero-order chi connectivity index (χ0) is 39.7. The molecule has 0 bridgehead atoms. The van der Waals surface area contributed by atoms with Crippen molar-refractivity contribution in [2.45, 2.75) is 19.3 Å². The normalized spacial score (nSPS) is 15.0. The Kier molecular flexibility index (Phi) is 7.99. The highest BCUT2D eigenvalue weighted by atomic mass is 15.3. The number of anilines is 2. The van der Waals surface area contributed by atoms with Crippen LogP contribution >= 0.6 is 0 Å². The molecule has 0 radical (unpaired) electrons. The van der Waals surface area contributed by atoms with E-state index in [1.54, 1.807) is 0 Å². The van der Waals surface area contributed by atoms with Crippen molar-refractivity contribution in [1.29, 1.82) is 0 Å². The van der Waals surface area contributed by atoms with Gasteiger partial charge < -0.3 is 4.90 Å². The molecule has 1 aromatic heterocycles. The first-order chi connectivity index (χ1) is 29.0. The fourth-order valence-electron chi connectivity index (χ4n) is 9.58. The Morgan fingerprint density at radius 2 is 1.05 bits per heavy atom. The molecule has 280 valence electrons. The zero-order valence-corrected chi connectivity index (χ0v) is 33.1. The van der Waals surface area contributed by atoms with Crippen LogP contribution in [0, 0.1) is 0 Å². The highest BCUT2D eigenvalue weighted by Crippen LogP contribution is 2.59. The third-order valence-electron chi connectivity index (χ3n) is 12.3. The summed E-state index contributed by atoms with van der Waals surface area (Å²) in [5.74, 6) is 0. The van der Waals surface area contributed by atoms with Crippen LogP contribution < -0.4 is 4.90 Å².